The van der Waals surface area contributed by atoms with Crippen molar-refractivity contribution in [1.29, 1.82) is 5.26 Å². The van der Waals surface area contributed by atoms with Crippen molar-refractivity contribution >= 4 is 15.9 Å². The molecule has 0 radical (unpaired) electrons. The molecule has 0 aliphatic rings. The zero-order valence-corrected chi connectivity index (χ0v) is 12.2. The van der Waals surface area contributed by atoms with Crippen LogP contribution < -0.4 is 0 Å². The molecule has 6 heteroatoms. The molecule has 0 fully saturated rings. The maximum absolute atomic E-state index is 13.9. The summed E-state index contributed by atoms with van der Waals surface area (Å²) in [6, 6.07) is 4.58. The lowest BCUT2D eigenvalue weighted by Gasteiger charge is -2.21. The summed E-state index contributed by atoms with van der Waals surface area (Å²) in [4.78, 5) is 1.79. The van der Waals surface area contributed by atoms with Gasteiger partial charge >= 0.3 is 0 Å². The summed E-state index contributed by atoms with van der Waals surface area (Å²) in [7, 11) is 1.56. The Bertz CT molecular complexity index is 463. The number of hydrogen-bond acceptors (Lipinski definition) is 3. The van der Waals surface area contributed by atoms with Gasteiger partial charge in [0.15, 0.2) is 0 Å². The molecular formula is C13H15BrF2N2O. The maximum Gasteiger partial charge on any atom is 0.144 e. The minimum absolute atomic E-state index is 0.00316. The first kappa shape index (κ1) is 16.0. The van der Waals surface area contributed by atoms with E-state index in [2.05, 4.69) is 15.9 Å². The minimum Gasteiger partial charge on any atom is -0.383 e. The number of ether oxygens (including phenoxy) is 1. The Labute approximate surface area is 119 Å². The van der Waals surface area contributed by atoms with E-state index in [9.17, 15) is 8.78 Å². The van der Waals surface area contributed by atoms with Gasteiger partial charge in [0.05, 0.1) is 17.1 Å². The largest absolute Gasteiger partial charge is 0.383 e. The number of nitriles is 1. The predicted molar refractivity (Wildman–Crippen MR) is 71.4 cm³/mol. The van der Waals surface area contributed by atoms with E-state index in [4.69, 9.17) is 10.00 Å². The fourth-order valence-electron chi connectivity index (χ4n) is 1.64. The monoisotopic (exact) mass is 332 g/mol. The first-order valence-electron chi connectivity index (χ1n) is 5.80. The standard InChI is InChI=1S/C13H15BrF2N2O/c1-19-8-7-18(6-2-5-17)9-10-12(15)4-3-11(14)13(10)16/h3-4H,2,6-9H2,1H3. The Hall–Kier alpha value is -1.03. The molecule has 0 aliphatic heterocycles. The molecular weight excluding hydrogens is 318 g/mol. The normalized spacial score (nSPS) is 10.7. The van der Waals surface area contributed by atoms with Crippen molar-refractivity contribution in [1.82, 2.24) is 4.90 Å². The van der Waals surface area contributed by atoms with Gasteiger partial charge in [-0.25, -0.2) is 8.78 Å². The summed E-state index contributed by atoms with van der Waals surface area (Å²) in [6.07, 6.45) is 0.307. The average molecular weight is 333 g/mol. The first-order valence-corrected chi connectivity index (χ1v) is 6.60. The molecule has 1 aromatic carbocycles. The van der Waals surface area contributed by atoms with Crippen LogP contribution in [-0.4, -0.2) is 31.7 Å². The second-order valence-corrected chi connectivity index (χ2v) is 4.85. The molecule has 0 heterocycles. The molecule has 104 valence electrons. The van der Waals surface area contributed by atoms with Crippen LogP contribution in [0, 0.1) is 23.0 Å². The number of nitrogens with zero attached hydrogens (tertiary/aromatic N) is 2. The smallest absolute Gasteiger partial charge is 0.144 e. The van der Waals surface area contributed by atoms with Gasteiger partial charge in [0.1, 0.15) is 11.6 Å². The van der Waals surface area contributed by atoms with Gasteiger partial charge in [0.2, 0.25) is 0 Å². The van der Waals surface area contributed by atoms with Crippen LogP contribution in [0.1, 0.15) is 12.0 Å². The summed E-state index contributed by atoms with van der Waals surface area (Å²) in [5, 5.41) is 8.60. The van der Waals surface area contributed by atoms with Crippen molar-refractivity contribution in [3.63, 3.8) is 0 Å². The molecule has 19 heavy (non-hydrogen) atoms. The van der Waals surface area contributed by atoms with Crippen LogP contribution in [0.15, 0.2) is 16.6 Å². The zero-order valence-electron chi connectivity index (χ0n) is 10.6. The molecule has 0 aromatic heterocycles. The fraction of sp³-hybridized carbons (Fsp3) is 0.462. The van der Waals surface area contributed by atoms with Crippen molar-refractivity contribution in [3.8, 4) is 6.07 Å². The molecule has 0 aliphatic carbocycles. The first-order chi connectivity index (χ1) is 9.10. The third-order valence-electron chi connectivity index (χ3n) is 2.67. The lowest BCUT2D eigenvalue weighted by molar-refractivity contribution is 0.144. The third-order valence-corrected chi connectivity index (χ3v) is 3.28. The third kappa shape index (κ3) is 4.86. The van der Waals surface area contributed by atoms with Gasteiger partial charge in [-0.1, -0.05) is 0 Å². The Morgan fingerprint density at radius 1 is 1.37 bits per heavy atom. The fourth-order valence-corrected chi connectivity index (χ4v) is 2.01. The second-order valence-electron chi connectivity index (χ2n) is 4.00. The predicted octanol–water partition coefficient (Wildman–Crippen LogP) is 3.09. The molecule has 0 bridgehead atoms. The van der Waals surface area contributed by atoms with Crippen molar-refractivity contribution in [3.05, 3.63) is 33.8 Å². The molecule has 0 saturated heterocycles. The Balaban J connectivity index is 2.83. The molecule has 0 N–H and O–H groups in total. The molecule has 0 amide bonds. The summed E-state index contributed by atoms with van der Waals surface area (Å²) in [6.45, 7) is 1.53. The van der Waals surface area contributed by atoms with Crippen LogP contribution in [0.3, 0.4) is 0 Å². The van der Waals surface area contributed by atoms with Crippen molar-refractivity contribution in [2.75, 3.05) is 26.8 Å². The van der Waals surface area contributed by atoms with Gasteiger partial charge in [-0.2, -0.15) is 5.26 Å². The zero-order chi connectivity index (χ0) is 14.3. The molecule has 0 spiro atoms. The molecule has 0 unspecified atom stereocenters. The quantitative estimate of drug-likeness (QED) is 0.720. The average Bonchev–Trinajstić information content (AvgIpc) is 2.41. The van der Waals surface area contributed by atoms with Crippen LogP contribution in [0.25, 0.3) is 0 Å². The highest BCUT2D eigenvalue weighted by atomic mass is 79.9. The van der Waals surface area contributed by atoms with E-state index in [0.29, 0.717) is 26.1 Å². The number of benzene rings is 1. The summed E-state index contributed by atoms with van der Waals surface area (Å²) < 4.78 is 32.7. The van der Waals surface area contributed by atoms with Gasteiger partial charge in [-0.15, -0.1) is 0 Å². The van der Waals surface area contributed by atoms with E-state index in [1.807, 2.05) is 6.07 Å². The van der Waals surface area contributed by atoms with E-state index < -0.39 is 11.6 Å². The topological polar surface area (TPSA) is 36.3 Å². The second kappa shape index (κ2) is 8.20. The van der Waals surface area contributed by atoms with Crippen molar-refractivity contribution in [2.45, 2.75) is 13.0 Å². The van der Waals surface area contributed by atoms with E-state index >= 15 is 0 Å². The number of hydrogen-bond donors (Lipinski definition) is 0. The highest BCUT2D eigenvalue weighted by Gasteiger charge is 2.15. The van der Waals surface area contributed by atoms with Gasteiger partial charge in [0.25, 0.3) is 0 Å². The van der Waals surface area contributed by atoms with Crippen LogP contribution in [0.2, 0.25) is 0 Å². The van der Waals surface area contributed by atoms with Gasteiger partial charge in [-0.3, -0.25) is 4.90 Å². The molecule has 1 aromatic rings. The van der Waals surface area contributed by atoms with E-state index in [-0.39, 0.29) is 16.6 Å². The summed E-state index contributed by atoms with van der Waals surface area (Å²) in [5.74, 6) is -1.18. The summed E-state index contributed by atoms with van der Waals surface area (Å²) in [5.41, 5.74) is 0.00316. The van der Waals surface area contributed by atoms with E-state index in [0.717, 1.165) is 0 Å². The number of halogens is 3. The SMILES string of the molecule is COCCN(CCC#N)Cc1c(F)ccc(Br)c1F. The van der Waals surface area contributed by atoms with Crippen LogP contribution in [-0.2, 0) is 11.3 Å². The van der Waals surface area contributed by atoms with E-state index in [1.165, 1.54) is 12.1 Å². The minimum atomic E-state index is -0.598. The van der Waals surface area contributed by atoms with Gasteiger partial charge < -0.3 is 4.74 Å². The lowest BCUT2D eigenvalue weighted by Crippen LogP contribution is -2.29. The number of rotatable bonds is 7. The lowest BCUT2D eigenvalue weighted by atomic mass is 10.2. The van der Waals surface area contributed by atoms with Crippen molar-refractivity contribution in [2.24, 2.45) is 0 Å². The molecule has 3 nitrogen and oxygen atoms in total. The molecule has 0 saturated carbocycles. The molecule has 1 rings (SSSR count). The van der Waals surface area contributed by atoms with Crippen LogP contribution in [0.5, 0.6) is 0 Å². The Morgan fingerprint density at radius 3 is 2.74 bits per heavy atom. The molecule has 0 atom stereocenters. The maximum atomic E-state index is 13.9. The van der Waals surface area contributed by atoms with Gasteiger partial charge in [0, 0.05) is 38.7 Å². The highest BCUT2D eigenvalue weighted by molar-refractivity contribution is 9.10. The van der Waals surface area contributed by atoms with E-state index in [1.54, 1.807) is 12.0 Å². The summed E-state index contributed by atoms with van der Waals surface area (Å²) >= 11 is 3.04. The van der Waals surface area contributed by atoms with Crippen molar-refractivity contribution < 1.29 is 13.5 Å². The Kier molecular flexibility index (Phi) is 6.92. The van der Waals surface area contributed by atoms with Crippen LogP contribution >= 0.6 is 15.9 Å². The highest BCUT2D eigenvalue weighted by Crippen LogP contribution is 2.22. The van der Waals surface area contributed by atoms with Crippen LogP contribution in [0.4, 0.5) is 8.78 Å². The number of methoxy groups -OCH3 is 1. The van der Waals surface area contributed by atoms with Gasteiger partial charge in [-0.05, 0) is 28.1 Å². The Morgan fingerprint density at radius 2 is 2.11 bits per heavy atom.